The maximum absolute atomic E-state index is 13.8. The van der Waals surface area contributed by atoms with Gasteiger partial charge >= 0.3 is 0 Å². The summed E-state index contributed by atoms with van der Waals surface area (Å²) >= 11 is 6.15. The van der Waals surface area contributed by atoms with E-state index in [2.05, 4.69) is 5.10 Å². The fourth-order valence-corrected chi connectivity index (χ4v) is 5.50. The Morgan fingerprint density at radius 1 is 0.848 bits per heavy atom. The predicted molar refractivity (Wildman–Crippen MR) is 124 cm³/mol. The zero-order valence-corrected chi connectivity index (χ0v) is 18.1. The summed E-state index contributed by atoms with van der Waals surface area (Å²) in [5, 5.41) is 6.66. The molecule has 33 heavy (non-hydrogen) atoms. The lowest BCUT2D eigenvalue weighted by Crippen LogP contribution is -2.44. The van der Waals surface area contributed by atoms with Gasteiger partial charge in [0.05, 0.1) is 29.8 Å². The number of ketones is 1. The van der Waals surface area contributed by atoms with Crippen LogP contribution in [0.4, 0.5) is 5.69 Å². The van der Waals surface area contributed by atoms with E-state index in [4.69, 9.17) is 11.6 Å². The normalized spacial score (nSPS) is 25.1. The van der Waals surface area contributed by atoms with Crippen molar-refractivity contribution in [3.8, 4) is 0 Å². The minimum atomic E-state index is -0.882. The summed E-state index contributed by atoms with van der Waals surface area (Å²) in [7, 11) is 0. The third kappa shape index (κ3) is 2.87. The van der Waals surface area contributed by atoms with Crippen LogP contribution in [0.5, 0.6) is 0 Å². The summed E-state index contributed by atoms with van der Waals surface area (Å²) in [5.74, 6) is -2.54. The molecule has 3 aromatic carbocycles. The molecule has 6 rings (SSSR count). The fourth-order valence-electron chi connectivity index (χ4n) is 5.31. The van der Waals surface area contributed by atoms with Crippen molar-refractivity contribution in [1.29, 1.82) is 0 Å². The highest BCUT2D eigenvalue weighted by atomic mass is 35.5. The van der Waals surface area contributed by atoms with Crippen LogP contribution in [0.1, 0.15) is 27.5 Å². The van der Waals surface area contributed by atoms with Crippen molar-refractivity contribution in [2.24, 2.45) is 16.9 Å². The van der Waals surface area contributed by atoms with Crippen LogP contribution in [0.25, 0.3) is 0 Å². The minimum Gasteiger partial charge on any atom is -0.292 e. The number of benzene rings is 3. The lowest BCUT2D eigenvalue weighted by Gasteiger charge is -2.33. The third-order valence-electron chi connectivity index (χ3n) is 6.69. The van der Waals surface area contributed by atoms with Crippen molar-refractivity contribution in [2.75, 3.05) is 4.90 Å². The van der Waals surface area contributed by atoms with E-state index in [1.165, 1.54) is 4.90 Å². The quantitative estimate of drug-likeness (QED) is 0.440. The number of Topliss-reactive ketones (excluding diaryl/α,β-unsaturated/α-hetero) is 1. The SMILES string of the molecule is O=C(c1ccccc1)[C@@H]1[C@@H]2C(=O)N(c3cccc(Cl)c3)C(=O)[C@H]2[C@H]2c3ccccc3C=NN12. The van der Waals surface area contributed by atoms with Gasteiger partial charge in [-0.3, -0.25) is 19.4 Å². The van der Waals surface area contributed by atoms with Gasteiger partial charge in [0.15, 0.2) is 5.78 Å². The van der Waals surface area contributed by atoms with Crippen molar-refractivity contribution in [2.45, 2.75) is 12.1 Å². The molecule has 7 heteroatoms. The number of nitrogens with zero attached hydrogens (tertiary/aromatic N) is 3. The van der Waals surface area contributed by atoms with Crippen molar-refractivity contribution in [1.82, 2.24) is 5.01 Å². The molecule has 0 saturated carbocycles. The lowest BCUT2D eigenvalue weighted by atomic mass is 9.83. The predicted octanol–water partition coefficient (Wildman–Crippen LogP) is 4.10. The number of hydrogen-bond acceptors (Lipinski definition) is 5. The smallest absolute Gasteiger partial charge is 0.240 e. The van der Waals surface area contributed by atoms with E-state index in [0.29, 0.717) is 16.3 Å². The number of hydrazone groups is 1. The van der Waals surface area contributed by atoms with E-state index in [1.807, 2.05) is 30.3 Å². The van der Waals surface area contributed by atoms with Crippen LogP contribution in [0, 0.1) is 11.8 Å². The molecule has 3 aliphatic rings. The zero-order valence-electron chi connectivity index (χ0n) is 17.3. The van der Waals surface area contributed by atoms with Crippen LogP contribution < -0.4 is 4.90 Å². The van der Waals surface area contributed by atoms with Crippen molar-refractivity contribution < 1.29 is 14.4 Å². The number of rotatable bonds is 3. The first-order chi connectivity index (χ1) is 16.1. The Kier molecular flexibility index (Phi) is 4.45. The van der Waals surface area contributed by atoms with Crippen LogP contribution in [0.15, 0.2) is 84.0 Å². The fraction of sp³-hybridized carbons (Fsp3) is 0.154. The second kappa shape index (κ2) is 7.39. The number of carbonyl (C=O) groups excluding carboxylic acids is 3. The Hall–Kier alpha value is -3.77. The number of amides is 2. The molecule has 6 nitrogen and oxygen atoms in total. The molecular formula is C26H18ClN3O3. The molecule has 0 unspecified atom stereocenters. The molecule has 3 heterocycles. The van der Waals surface area contributed by atoms with Gasteiger partial charge in [0.1, 0.15) is 6.04 Å². The van der Waals surface area contributed by atoms with Gasteiger partial charge in [0, 0.05) is 10.6 Å². The second-order valence-corrected chi connectivity index (χ2v) is 8.85. The zero-order chi connectivity index (χ0) is 22.7. The number of carbonyl (C=O) groups is 3. The molecule has 2 fully saturated rings. The molecule has 162 valence electrons. The van der Waals surface area contributed by atoms with Crippen LogP contribution in [-0.2, 0) is 9.59 Å². The van der Waals surface area contributed by atoms with Gasteiger partial charge < -0.3 is 0 Å². The number of fused-ring (bicyclic) bond motifs is 5. The monoisotopic (exact) mass is 455 g/mol. The molecule has 0 aliphatic carbocycles. The highest BCUT2D eigenvalue weighted by Crippen LogP contribution is 2.53. The summed E-state index contributed by atoms with van der Waals surface area (Å²) in [6, 6.07) is 21.8. The Morgan fingerprint density at radius 3 is 2.36 bits per heavy atom. The van der Waals surface area contributed by atoms with Crippen molar-refractivity contribution in [3.63, 3.8) is 0 Å². The highest BCUT2D eigenvalue weighted by molar-refractivity contribution is 6.31. The topological polar surface area (TPSA) is 70.0 Å². The average Bonchev–Trinajstić information content (AvgIpc) is 3.32. The van der Waals surface area contributed by atoms with Gasteiger partial charge in [-0.25, -0.2) is 4.90 Å². The first kappa shape index (κ1) is 19.9. The summed E-state index contributed by atoms with van der Waals surface area (Å²) in [5.41, 5.74) is 2.67. The molecule has 0 aromatic heterocycles. The van der Waals surface area contributed by atoms with Crippen LogP contribution in [0.2, 0.25) is 5.02 Å². The van der Waals surface area contributed by atoms with E-state index in [1.54, 1.807) is 59.8 Å². The third-order valence-corrected chi connectivity index (χ3v) is 6.92. The van der Waals surface area contributed by atoms with Gasteiger partial charge in [0.25, 0.3) is 0 Å². The molecule has 4 atom stereocenters. The van der Waals surface area contributed by atoms with E-state index in [-0.39, 0.29) is 11.7 Å². The maximum atomic E-state index is 13.8. The summed E-state index contributed by atoms with van der Waals surface area (Å²) < 4.78 is 0. The molecule has 2 amide bonds. The minimum absolute atomic E-state index is 0.223. The number of imide groups is 1. The Morgan fingerprint density at radius 2 is 1.58 bits per heavy atom. The average molecular weight is 456 g/mol. The van der Waals surface area contributed by atoms with E-state index in [9.17, 15) is 14.4 Å². The van der Waals surface area contributed by atoms with E-state index >= 15 is 0 Å². The number of anilines is 1. The summed E-state index contributed by atoms with van der Waals surface area (Å²) in [4.78, 5) is 42.4. The van der Waals surface area contributed by atoms with Gasteiger partial charge in [0.2, 0.25) is 11.8 Å². The van der Waals surface area contributed by atoms with Crippen LogP contribution in [0.3, 0.4) is 0 Å². The molecular weight excluding hydrogens is 438 g/mol. The largest absolute Gasteiger partial charge is 0.292 e. The van der Waals surface area contributed by atoms with Gasteiger partial charge in [-0.2, -0.15) is 5.10 Å². The number of hydrogen-bond donors (Lipinski definition) is 0. The van der Waals surface area contributed by atoms with E-state index in [0.717, 1.165) is 11.1 Å². The standard InChI is InChI=1S/C26H18ClN3O3/c27-17-10-6-11-18(13-17)29-25(32)20-21(26(29)33)23(24(31)15-7-2-1-3-8-15)30-22(20)19-12-5-4-9-16(19)14-28-30/h1-14,20-23H/t20-,21-,22-,23+/m1/s1. The van der Waals surface area contributed by atoms with Crippen molar-refractivity contribution in [3.05, 3.63) is 101 Å². The lowest BCUT2D eigenvalue weighted by molar-refractivity contribution is -0.124. The maximum Gasteiger partial charge on any atom is 0.240 e. The molecule has 0 radical (unpaired) electrons. The molecule has 3 aromatic rings. The molecule has 0 bridgehead atoms. The first-order valence-electron chi connectivity index (χ1n) is 10.7. The summed E-state index contributed by atoms with van der Waals surface area (Å²) in [6.45, 7) is 0. The second-order valence-electron chi connectivity index (χ2n) is 8.42. The Bertz CT molecular complexity index is 1340. The molecule has 2 saturated heterocycles. The van der Waals surface area contributed by atoms with Crippen LogP contribution in [-0.4, -0.2) is 34.9 Å². The van der Waals surface area contributed by atoms with Gasteiger partial charge in [-0.05, 0) is 29.3 Å². The van der Waals surface area contributed by atoms with Gasteiger partial charge in [-0.15, -0.1) is 0 Å². The molecule has 0 spiro atoms. The first-order valence-corrected chi connectivity index (χ1v) is 11.1. The molecule has 3 aliphatic heterocycles. The Labute approximate surface area is 195 Å². The van der Waals surface area contributed by atoms with E-state index < -0.39 is 29.8 Å². The van der Waals surface area contributed by atoms with Crippen LogP contribution >= 0.6 is 11.6 Å². The van der Waals surface area contributed by atoms with Gasteiger partial charge in [-0.1, -0.05) is 72.3 Å². The number of halogens is 1. The van der Waals surface area contributed by atoms with Crippen molar-refractivity contribution >= 4 is 41.1 Å². The highest BCUT2D eigenvalue weighted by Gasteiger charge is 2.65. The molecule has 0 N–H and O–H groups in total. The Balaban J connectivity index is 1.51. The summed E-state index contributed by atoms with van der Waals surface area (Å²) in [6.07, 6.45) is 1.70.